The maximum atomic E-state index is 12.0. The van der Waals surface area contributed by atoms with E-state index in [4.69, 9.17) is 15.6 Å². The minimum absolute atomic E-state index is 0.0192. The topological polar surface area (TPSA) is 44.8 Å². The Labute approximate surface area is 158 Å². The highest BCUT2D eigenvalue weighted by Crippen LogP contribution is 2.32. The normalized spacial score (nSPS) is 25.0. The molecule has 4 heteroatoms. The Hall–Kier alpha value is -1.65. The molecule has 1 aromatic rings. The van der Waals surface area contributed by atoms with Gasteiger partial charge in [-0.3, -0.25) is 0 Å². The summed E-state index contributed by atoms with van der Waals surface area (Å²) in [5.74, 6) is -0.674. The molecule has 1 fully saturated rings. The van der Waals surface area contributed by atoms with Gasteiger partial charge in [0.2, 0.25) is 0 Å². The van der Waals surface area contributed by atoms with E-state index in [0.29, 0.717) is 12.2 Å². The molecule has 144 valence electrons. The molecular formula is C22H32O4. The van der Waals surface area contributed by atoms with Crippen molar-refractivity contribution in [3.8, 4) is 0 Å². The average molecular weight is 363 g/mol. The van der Waals surface area contributed by atoms with Gasteiger partial charge in [0.1, 0.15) is 0 Å². The fourth-order valence-electron chi connectivity index (χ4n) is 3.00. The lowest BCUT2D eigenvalue weighted by Crippen LogP contribution is -2.22. The highest BCUT2D eigenvalue weighted by atomic mass is 16.7. The van der Waals surface area contributed by atoms with Crippen molar-refractivity contribution in [1.82, 2.24) is 0 Å². The Bertz CT molecular complexity index is 612. The maximum Gasteiger partial charge on any atom is 0.338 e. The molecule has 0 aliphatic carbocycles. The van der Waals surface area contributed by atoms with Crippen LogP contribution in [0.4, 0.5) is 0 Å². The summed E-state index contributed by atoms with van der Waals surface area (Å²) in [6, 6.07) is 9.02. The summed E-state index contributed by atoms with van der Waals surface area (Å²) in [7, 11) is 0. The summed E-state index contributed by atoms with van der Waals surface area (Å²) in [5.41, 5.74) is 0.569. The monoisotopic (exact) mass is 362 g/mol. The Morgan fingerprint density at radius 2 is 2.00 bits per heavy atom. The van der Waals surface area contributed by atoms with Crippen LogP contribution in [0.2, 0.25) is 0 Å². The third kappa shape index (κ3) is 6.58. The smallest absolute Gasteiger partial charge is 0.338 e. The van der Waals surface area contributed by atoms with Crippen LogP contribution < -0.4 is 0 Å². The molecule has 1 aliphatic rings. The average Bonchev–Trinajstić information content (AvgIpc) is 2.92. The van der Waals surface area contributed by atoms with Gasteiger partial charge in [0.05, 0.1) is 24.4 Å². The van der Waals surface area contributed by atoms with Gasteiger partial charge in [0.15, 0.2) is 5.79 Å². The van der Waals surface area contributed by atoms with Crippen molar-refractivity contribution >= 4 is 5.97 Å². The minimum atomic E-state index is -0.599. The number of hydrogen-bond donors (Lipinski definition) is 0. The Kier molecular flexibility index (Phi) is 7.27. The molecule has 0 spiro atoms. The summed E-state index contributed by atoms with van der Waals surface area (Å²) < 4.78 is 25.1. The van der Waals surface area contributed by atoms with Gasteiger partial charge in [-0.2, -0.15) is 0 Å². The zero-order valence-corrected chi connectivity index (χ0v) is 16.3. The van der Waals surface area contributed by atoms with Gasteiger partial charge in [-0.05, 0) is 51.2 Å². The summed E-state index contributed by atoms with van der Waals surface area (Å²) in [6.07, 6.45) is 6.26. The molecule has 0 radical (unpaired) electrons. The standard InChI is InChI=1S/C22H32O4/c1-5-17(2)11-9-14-19-20(26-22(3,4)25-19)15-10-16-24-21(23)18-12-7-6-8-13-18/h6-9,11-13,17,19-20H,5,10,14-16H2,1-4H3/b11-9-/t17-,19+,20-/m0/s1/i5T/t5-,17-,19+,20-. The molecule has 1 aliphatic heterocycles. The lowest BCUT2D eigenvalue weighted by Gasteiger charge is -2.16. The van der Waals surface area contributed by atoms with Gasteiger partial charge in [-0.15, -0.1) is 0 Å². The fourth-order valence-corrected chi connectivity index (χ4v) is 3.00. The number of carbonyl (C=O) groups excluding carboxylic acids is 1. The minimum Gasteiger partial charge on any atom is -0.462 e. The largest absolute Gasteiger partial charge is 0.462 e. The molecule has 0 amide bonds. The zero-order chi connectivity index (χ0) is 19.9. The molecule has 1 heterocycles. The number of allylic oxidation sites excluding steroid dienone is 1. The second-order valence-corrected chi connectivity index (χ2v) is 7.21. The van der Waals surface area contributed by atoms with Crippen LogP contribution in [-0.2, 0) is 14.2 Å². The van der Waals surface area contributed by atoms with Gasteiger partial charge < -0.3 is 14.2 Å². The third-order valence-corrected chi connectivity index (χ3v) is 4.49. The van der Waals surface area contributed by atoms with E-state index in [1.165, 1.54) is 0 Å². The van der Waals surface area contributed by atoms with E-state index in [1.807, 2.05) is 45.9 Å². The zero-order valence-electron chi connectivity index (χ0n) is 17.3. The molecule has 1 saturated heterocycles. The van der Waals surface area contributed by atoms with Crippen molar-refractivity contribution in [3.05, 3.63) is 48.0 Å². The van der Waals surface area contributed by atoms with Gasteiger partial charge in [0, 0.05) is 1.37 Å². The van der Waals surface area contributed by atoms with Crippen molar-refractivity contribution in [3.63, 3.8) is 0 Å². The van der Waals surface area contributed by atoms with Crippen LogP contribution in [0.25, 0.3) is 0 Å². The first kappa shape index (κ1) is 19.1. The van der Waals surface area contributed by atoms with E-state index in [9.17, 15) is 4.79 Å². The predicted molar refractivity (Wildman–Crippen MR) is 103 cm³/mol. The maximum absolute atomic E-state index is 12.0. The van der Waals surface area contributed by atoms with Crippen LogP contribution in [-0.4, -0.2) is 30.6 Å². The van der Waals surface area contributed by atoms with E-state index in [2.05, 4.69) is 12.2 Å². The van der Waals surface area contributed by atoms with E-state index < -0.39 is 5.79 Å². The second kappa shape index (κ2) is 9.89. The number of ether oxygens (including phenoxy) is 3. The van der Waals surface area contributed by atoms with Crippen LogP contribution in [0.1, 0.15) is 65.1 Å². The van der Waals surface area contributed by atoms with Crippen molar-refractivity contribution in [2.24, 2.45) is 5.92 Å². The van der Waals surface area contributed by atoms with E-state index >= 15 is 0 Å². The Balaban J connectivity index is 1.78. The SMILES string of the molecule is [3H][C@@H](C)[C@H](C)/C=C\C[C@H]1OC(C)(C)O[C@H]1CCCOC(=O)c1ccccc1. The molecule has 0 bridgehead atoms. The van der Waals surface area contributed by atoms with Crippen LogP contribution in [0, 0.1) is 5.92 Å². The molecule has 2 rings (SSSR count). The quantitative estimate of drug-likeness (QED) is 0.347. The van der Waals surface area contributed by atoms with Crippen LogP contribution in [0.3, 0.4) is 0 Å². The first-order valence-electron chi connectivity index (χ1n) is 10.0. The molecule has 0 saturated carbocycles. The van der Waals surface area contributed by atoms with Crippen molar-refractivity contribution < 1.29 is 20.4 Å². The summed E-state index contributed by atoms with van der Waals surface area (Å²) in [6.45, 7) is 8.15. The summed E-state index contributed by atoms with van der Waals surface area (Å²) in [5, 5.41) is 0. The lowest BCUT2D eigenvalue weighted by molar-refractivity contribution is -0.146. The van der Waals surface area contributed by atoms with E-state index in [1.54, 1.807) is 12.1 Å². The number of rotatable bonds is 9. The highest BCUT2D eigenvalue weighted by molar-refractivity contribution is 5.89. The first-order chi connectivity index (χ1) is 12.8. The Morgan fingerprint density at radius 1 is 1.31 bits per heavy atom. The predicted octanol–water partition coefficient (Wildman–Crippen LogP) is 5.14. The Morgan fingerprint density at radius 3 is 2.69 bits per heavy atom. The van der Waals surface area contributed by atoms with Crippen molar-refractivity contribution in [1.29, 1.82) is 0 Å². The molecule has 0 aromatic heterocycles. The fraction of sp³-hybridized carbons (Fsp3) is 0.591. The number of esters is 1. The molecule has 0 N–H and O–H groups in total. The number of benzene rings is 1. The van der Waals surface area contributed by atoms with Gasteiger partial charge in [-0.25, -0.2) is 4.79 Å². The van der Waals surface area contributed by atoms with Crippen molar-refractivity contribution in [2.75, 3.05) is 6.61 Å². The molecule has 1 aromatic carbocycles. The number of hydrogen-bond acceptors (Lipinski definition) is 4. The molecule has 0 unspecified atom stereocenters. The van der Waals surface area contributed by atoms with E-state index in [-0.39, 0.29) is 30.5 Å². The van der Waals surface area contributed by atoms with Crippen LogP contribution in [0.15, 0.2) is 42.5 Å². The van der Waals surface area contributed by atoms with Crippen LogP contribution >= 0.6 is 0 Å². The second-order valence-electron chi connectivity index (χ2n) is 7.21. The molecule has 4 nitrogen and oxygen atoms in total. The molecular weight excluding hydrogens is 328 g/mol. The van der Waals surface area contributed by atoms with Gasteiger partial charge in [-0.1, -0.05) is 50.6 Å². The van der Waals surface area contributed by atoms with E-state index in [0.717, 1.165) is 19.3 Å². The van der Waals surface area contributed by atoms with Gasteiger partial charge in [0.25, 0.3) is 0 Å². The van der Waals surface area contributed by atoms with Crippen LogP contribution in [0.5, 0.6) is 0 Å². The van der Waals surface area contributed by atoms with Gasteiger partial charge >= 0.3 is 5.97 Å². The molecule has 26 heavy (non-hydrogen) atoms. The molecule has 4 atom stereocenters. The lowest BCUT2D eigenvalue weighted by atomic mass is 10.0. The van der Waals surface area contributed by atoms with Crippen molar-refractivity contribution in [2.45, 2.75) is 71.3 Å². The summed E-state index contributed by atoms with van der Waals surface area (Å²) >= 11 is 0. The first-order valence-corrected chi connectivity index (χ1v) is 9.45. The third-order valence-electron chi connectivity index (χ3n) is 4.49. The number of carbonyl (C=O) groups is 1. The summed E-state index contributed by atoms with van der Waals surface area (Å²) in [4.78, 5) is 12.0. The highest BCUT2D eigenvalue weighted by Gasteiger charge is 2.40.